The van der Waals surface area contributed by atoms with Gasteiger partial charge in [-0.1, -0.05) is 0 Å². The van der Waals surface area contributed by atoms with E-state index in [1.807, 2.05) is 0 Å². The molecule has 0 radical (unpaired) electrons. The molecule has 14 heavy (non-hydrogen) atoms. The predicted octanol–water partition coefficient (Wildman–Crippen LogP) is -0.146. The average Bonchev–Trinajstić information content (AvgIpc) is 2.16. The maximum Gasteiger partial charge on any atom is 0.288 e. The molecule has 0 amide bonds. The monoisotopic (exact) mass is 192 g/mol. The lowest BCUT2D eigenvalue weighted by atomic mass is 10.3. The molecule has 1 aromatic heterocycles. The summed E-state index contributed by atoms with van der Waals surface area (Å²) in [5.41, 5.74) is 6.16. The predicted molar refractivity (Wildman–Crippen MR) is 49.5 cm³/mol. The smallest absolute Gasteiger partial charge is 0.288 e. The SMILES string of the molecule is COc1ccc2c(c1)nc(N)n[n+]2[O-]. The van der Waals surface area contributed by atoms with Crippen molar-refractivity contribution in [1.82, 2.24) is 10.1 Å². The summed E-state index contributed by atoms with van der Waals surface area (Å²) >= 11 is 0. The quantitative estimate of drug-likeness (QED) is 0.501. The minimum absolute atomic E-state index is 0.0549. The number of aromatic nitrogens is 3. The van der Waals surface area contributed by atoms with Crippen molar-refractivity contribution in [3.05, 3.63) is 23.4 Å². The molecular weight excluding hydrogens is 184 g/mol. The van der Waals surface area contributed by atoms with Gasteiger partial charge in [0.25, 0.3) is 11.5 Å². The number of hydrogen-bond donors (Lipinski definition) is 1. The zero-order valence-electron chi connectivity index (χ0n) is 7.47. The molecule has 1 heterocycles. The molecule has 0 atom stereocenters. The van der Waals surface area contributed by atoms with Gasteiger partial charge in [0.15, 0.2) is 0 Å². The molecule has 0 aliphatic carbocycles. The van der Waals surface area contributed by atoms with Crippen molar-refractivity contribution < 1.29 is 9.58 Å². The van der Waals surface area contributed by atoms with Crippen LogP contribution in [-0.4, -0.2) is 17.2 Å². The minimum atomic E-state index is -0.0549. The first kappa shape index (κ1) is 8.49. The Bertz CT molecular complexity index is 486. The van der Waals surface area contributed by atoms with E-state index in [1.54, 1.807) is 18.2 Å². The lowest BCUT2D eigenvalue weighted by Gasteiger charge is -2.01. The first-order valence-electron chi connectivity index (χ1n) is 3.92. The number of fused-ring (bicyclic) bond motifs is 1. The van der Waals surface area contributed by atoms with E-state index in [0.717, 1.165) is 0 Å². The molecule has 0 saturated heterocycles. The number of benzene rings is 1. The second kappa shape index (κ2) is 2.99. The fourth-order valence-electron chi connectivity index (χ4n) is 1.17. The van der Waals surface area contributed by atoms with Gasteiger partial charge in [-0.25, -0.2) is 4.98 Å². The third-order valence-electron chi connectivity index (χ3n) is 1.82. The van der Waals surface area contributed by atoms with Gasteiger partial charge < -0.3 is 15.7 Å². The molecule has 1 aromatic carbocycles. The fourth-order valence-corrected chi connectivity index (χ4v) is 1.17. The number of nitrogens with zero attached hydrogens (tertiary/aromatic N) is 3. The minimum Gasteiger partial charge on any atom is -0.594 e. The van der Waals surface area contributed by atoms with Crippen LogP contribution in [0.25, 0.3) is 11.0 Å². The van der Waals surface area contributed by atoms with Crippen molar-refractivity contribution in [2.45, 2.75) is 0 Å². The molecule has 0 aliphatic rings. The van der Waals surface area contributed by atoms with Gasteiger partial charge in [-0.05, 0) is 10.9 Å². The third-order valence-corrected chi connectivity index (χ3v) is 1.82. The van der Waals surface area contributed by atoms with E-state index in [9.17, 15) is 5.21 Å². The molecule has 2 aromatic rings. The van der Waals surface area contributed by atoms with Crippen molar-refractivity contribution in [2.24, 2.45) is 0 Å². The zero-order valence-corrected chi connectivity index (χ0v) is 7.47. The second-order valence-electron chi connectivity index (χ2n) is 2.70. The summed E-state index contributed by atoms with van der Waals surface area (Å²) in [4.78, 5) is 4.35. The van der Waals surface area contributed by atoms with E-state index < -0.39 is 0 Å². The molecule has 0 saturated carbocycles. The van der Waals surface area contributed by atoms with Crippen LogP contribution in [0.4, 0.5) is 5.95 Å². The van der Waals surface area contributed by atoms with E-state index in [2.05, 4.69) is 10.1 Å². The van der Waals surface area contributed by atoms with E-state index in [0.29, 0.717) is 21.6 Å². The second-order valence-corrected chi connectivity index (χ2v) is 2.70. The van der Waals surface area contributed by atoms with Gasteiger partial charge in [-0.15, -0.1) is 0 Å². The van der Waals surface area contributed by atoms with Gasteiger partial charge in [-0.2, -0.15) is 0 Å². The molecule has 0 spiro atoms. The highest BCUT2D eigenvalue weighted by molar-refractivity contribution is 5.73. The Morgan fingerprint density at radius 2 is 2.29 bits per heavy atom. The van der Waals surface area contributed by atoms with Gasteiger partial charge in [0.2, 0.25) is 0 Å². The van der Waals surface area contributed by atoms with Crippen LogP contribution in [0, 0.1) is 5.21 Å². The molecule has 6 heteroatoms. The maximum atomic E-state index is 11.2. The van der Waals surface area contributed by atoms with E-state index in [1.165, 1.54) is 7.11 Å². The topological polar surface area (TPSA) is 88.0 Å². The lowest BCUT2D eigenvalue weighted by molar-refractivity contribution is -0.641. The summed E-state index contributed by atoms with van der Waals surface area (Å²) in [6, 6.07) is 4.87. The lowest BCUT2D eigenvalue weighted by Crippen LogP contribution is -2.33. The number of ether oxygens (including phenoxy) is 1. The molecule has 0 aliphatic heterocycles. The molecule has 6 nitrogen and oxygen atoms in total. The Labute approximate surface area is 79.5 Å². The fraction of sp³-hybridized carbons (Fsp3) is 0.125. The number of methoxy groups -OCH3 is 1. The van der Waals surface area contributed by atoms with Crippen LogP contribution in [0.15, 0.2) is 18.2 Å². The van der Waals surface area contributed by atoms with Crippen molar-refractivity contribution >= 4 is 17.0 Å². The van der Waals surface area contributed by atoms with E-state index >= 15 is 0 Å². The van der Waals surface area contributed by atoms with E-state index in [4.69, 9.17) is 10.5 Å². The highest BCUT2D eigenvalue weighted by Gasteiger charge is 2.09. The van der Waals surface area contributed by atoms with Crippen LogP contribution in [0.2, 0.25) is 0 Å². The van der Waals surface area contributed by atoms with Crippen LogP contribution in [0.3, 0.4) is 0 Å². The number of hydrogen-bond acceptors (Lipinski definition) is 5. The Kier molecular flexibility index (Phi) is 1.81. The summed E-state index contributed by atoms with van der Waals surface area (Å²) in [5, 5.41) is 14.7. The van der Waals surface area contributed by atoms with Gasteiger partial charge in [0.05, 0.1) is 12.2 Å². The molecule has 0 fully saturated rings. The highest BCUT2D eigenvalue weighted by atomic mass is 16.5. The third kappa shape index (κ3) is 1.26. The van der Waals surface area contributed by atoms with Gasteiger partial charge >= 0.3 is 0 Å². The Morgan fingerprint density at radius 3 is 3.00 bits per heavy atom. The largest absolute Gasteiger partial charge is 0.594 e. The zero-order chi connectivity index (χ0) is 10.1. The number of rotatable bonds is 1. The van der Waals surface area contributed by atoms with E-state index in [-0.39, 0.29) is 5.95 Å². The summed E-state index contributed by atoms with van der Waals surface area (Å²) in [6.45, 7) is 0. The van der Waals surface area contributed by atoms with Gasteiger partial charge in [0, 0.05) is 12.1 Å². The Hall–Kier alpha value is -2.11. The standard InChI is InChI=1S/C8H8N4O2/c1-14-5-2-3-7-6(4-5)10-8(9)11-12(7)13/h2-4H,1H3,(H2,9,10,11). The molecule has 2 N–H and O–H groups in total. The van der Waals surface area contributed by atoms with Crippen molar-refractivity contribution in [1.29, 1.82) is 0 Å². The van der Waals surface area contributed by atoms with Crippen LogP contribution in [0.1, 0.15) is 0 Å². The first-order chi connectivity index (χ1) is 6.70. The summed E-state index contributed by atoms with van der Waals surface area (Å²) < 4.78 is 4.99. The molecule has 72 valence electrons. The molecular formula is C8H8N4O2. The number of nitrogen functional groups attached to an aromatic ring is 1. The van der Waals surface area contributed by atoms with Crippen molar-refractivity contribution in [3.8, 4) is 5.75 Å². The Morgan fingerprint density at radius 1 is 1.50 bits per heavy atom. The van der Waals surface area contributed by atoms with Crippen molar-refractivity contribution in [3.63, 3.8) is 0 Å². The molecule has 0 unspecified atom stereocenters. The van der Waals surface area contributed by atoms with Crippen LogP contribution in [-0.2, 0) is 0 Å². The van der Waals surface area contributed by atoms with Gasteiger partial charge in [-0.3, -0.25) is 0 Å². The average molecular weight is 192 g/mol. The molecule has 2 rings (SSSR count). The van der Waals surface area contributed by atoms with Crippen LogP contribution >= 0.6 is 0 Å². The number of nitrogens with two attached hydrogens (primary N) is 1. The highest BCUT2D eigenvalue weighted by Crippen LogP contribution is 2.16. The number of anilines is 1. The first-order valence-corrected chi connectivity index (χ1v) is 3.92. The van der Waals surface area contributed by atoms with Crippen LogP contribution < -0.4 is 15.3 Å². The summed E-state index contributed by atoms with van der Waals surface area (Å²) in [7, 11) is 1.54. The van der Waals surface area contributed by atoms with Crippen molar-refractivity contribution in [2.75, 3.05) is 12.8 Å². The maximum absolute atomic E-state index is 11.2. The summed E-state index contributed by atoms with van der Waals surface area (Å²) in [5.74, 6) is 0.566. The Balaban J connectivity index is 2.75. The van der Waals surface area contributed by atoms with Crippen LogP contribution in [0.5, 0.6) is 5.75 Å². The normalized spacial score (nSPS) is 10.4. The van der Waals surface area contributed by atoms with Gasteiger partial charge in [0.1, 0.15) is 11.3 Å². The summed E-state index contributed by atoms with van der Waals surface area (Å²) in [6.07, 6.45) is 0. The molecule has 0 bridgehead atoms.